The van der Waals surface area contributed by atoms with Gasteiger partial charge in [0.05, 0.1) is 65.6 Å². The minimum absolute atomic E-state index is 0.131. The van der Waals surface area contributed by atoms with Gasteiger partial charge in [-0.3, -0.25) is 4.79 Å². The highest BCUT2D eigenvalue weighted by molar-refractivity contribution is 9.10. The fourth-order valence-corrected chi connectivity index (χ4v) is 14.3. The number of imidazole rings is 2. The van der Waals surface area contributed by atoms with Crippen LogP contribution in [0.1, 0.15) is 163 Å². The van der Waals surface area contributed by atoms with Crippen molar-refractivity contribution >= 4 is 112 Å². The summed E-state index contributed by atoms with van der Waals surface area (Å²) in [4.78, 5) is 75.6. The lowest BCUT2D eigenvalue weighted by atomic mass is 9.75. The van der Waals surface area contributed by atoms with Crippen LogP contribution in [0.15, 0.2) is 119 Å². The molecular formula is C70H72Br2N12O7. The number of nitrogens with zero attached hydrogens (tertiary/aromatic N) is 10. The maximum absolute atomic E-state index is 13.9. The van der Waals surface area contributed by atoms with Gasteiger partial charge in [-0.05, 0) is 198 Å². The number of halogens is 2. The highest BCUT2D eigenvalue weighted by atomic mass is 79.9. The van der Waals surface area contributed by atoms with Gasteiger partial charge in [0.15, 0.2) is 11.6 Å². The topological polar surface area (TPSA) is 253 Å². The monoisotopic (exact) mass is 1350 g/mol. The molecule has 91 heavy (non-hydrogen) atoms. The summed E-state index contributed by atoms with van der Waals surface area (Å²) in [6.07, 6.45) is 28.2. The molecule has 4 aliphatic carbocycles. The number of fused-ring (bicyclic) bond motifs is 4. The van der Waals surface area contributed by atoms with Crippen molar-refractivity contribution in [2.75, 3.05) is 6.61 Å². The van der Waals surface area contributed by atoms with Gasteiger partial charge in [0.25, 0.3) is 5.91 Å². The van der Waals surface area contributed by atoms with Gasteiger partial charge in [-0.2, -0.15) is 0 Å². The molecule has 19 nitrogen and oxygen atoms in total. The number of aliphatic carboxylic acids is 1. The number of benzene rings is 4. The molecule has 14 rings (SSSR count). The maximum atomic E-state index is 13.9. The van der Waals surface area contributed by atoms with E-state index in [1.165, 1.54) is 42.9 Å². The zero-order valence-corrected chi connectivity index (χ0v) is 54.7. The molecule has 6 heterocycles. The Morgan fingerprint density at radius 3 is 1.51 bits per heavy atom. The van der Waals surface area contributed by atoms with Crippen LogP contribution in [-0.4, -0.2) is 88.8 Å². The first-order valence-electron chi connectivity index (χ1n) is 31.1. The van der Waals surface area contributed by atoms with Gasteiger partial charge in [0.2, 0.25) is 0 Å². The number of rotatable bonds is 14. The predicted octanol–water partition coefficient (Wildman–Crippen LogP) is 14.1. The number of esters is 1. The minimum Gasteiger partial charge on any atom is -0.478 e. The number of aromatic nitrogens is 10. The van der Waals surface area contributed by atoms with Crippen LogP contribution in [0.25, 0.3) is 79.1 Å². The molecule has 4 saturated carbocycles. The molecule has 4 aliphatic rings. The molecular weight excluding hydrogens is 1280 g/mol. The average Bonchev–Trinajstić information content (AvgIpc) is 1.64. The number of nitrogens with two attached hydrogens (primary N) is 1. The SMILES string of the molecule is CCOC(=O)/C=C/c1ccc2nc(C3(N)CCC3)n(C)c2c1.Cn1c(-c2ncc(Br)cn2)c(C2CCCC2)c2ccc(C(=O)O)cc21.Cn1c(C2(NC(=O)c3ccc4c(C5CCCC5)c(-c5ncc(Br)cn5)n(C)c4c3)CCC2)nc2ccc(/C=C/C(=O)O)cc21. The first-order chi connectivity index (χ1) is 43.8. The molecule has 21 heteroatoms. The largest absolute Gasteiger partial charge is 0.478 e. The molecule has 0 atom stereocenters. The summed E-state index contributed by atoms with van der Waals surface area (Å²) in [6, 6.07) is 23.0. The number of carbonyl (C=O) groups excluding carboxylic acids is 2. The second-order valence-electron chi connectivity index (χ2n) is 24.5. The molecule has 0 unspecified atom stereocenters. The van der Waals surface area contributed by atoms with Crippen LogP contribution in [0.4, 0.5) is 0 Å². The Kier molecular flexibility index (Phi) is 17.8. The van der Waals surface area contributed by atoms with Crippen LogP contribution in [-0.2, 0) is 53.6 Å². The summed E-state index contributed by atoms with van der Waals surface area (Å²) < 4.78 is 14.8. The van der Waals surface area contributed by atoms with E-state index in [1.54, 1.807) is 56.0 Å². The van der Waals surface area contributed by atoms with E-state index in [4.69, 9.17) is 25.5 Å². The first kappa shape index (κ1) is 62.5. The number of carbonyl (C=O) groups is 4. The molecule has 468 valence electrons. The van der Waals surface area contributed by atoms with Gasteiger partial charge in [-0.25, -0.2) is 44.3 Å². The molecule has 0 spiro atoms. The highest BCUT2D eigenvalue weighted by Gasteiger charge is 2.44. The number of aromatic carboxylic acids is 1. The quantitative estimate of drug-likeness (QED) is 0.0584. The number of hydrogen-bond acceptors (Lipinski definition) is 12. The molecule has 0 saturated heterocycles. The Hall–Kier alpha value is -8.66. The van der Waals surface area contributed by atoms with Gasteiger partial charge in [-0.15, -0.1) is 0 Å². The van der Waals surface area contributed by atoms with Crippen molar-refractivity contribution < 1.29 is 34.1 Å². The highest BCUT2D eigenvalue weighted by Crippen LogP contribution is 2.47. The van der Waals surface area contributed by atoms with E-state index in [0.29, 0.717) is 41.2 Å². The van der Waals surface area contributed by atoms with E-state index in [9.17, 15) is 24.3 Å². The smallest absolute Gasteiger partial charge is 0.335 e. The van der Waals surface area contributed by atoms with Crippen LogP contribution in [0, 0.1) is 0 Å². The Morgan fingerprint density at radius 2 is 1.05 bits per heavy atom. The summed E-state index contributed by atoms with van der Waals surface area (Å²) in [6.45, 7) is 2.17. The standard InChI is InChI=1S/C34H33BrN6O3.C19H18BrN3O2.C17H21N3O2/c1-40-26-17-22(10-11-24(26)29(21-6-3-4-7-21)30(40)31-36-18-23(35)19-37-31)32(44)39-34(14-5-15-34)33-38-25-12-8-20(9-13-28(42)43)16-27(25)41(33)2;1-23-15-8-12(19(24)25)6-7-14(15)16(11-4-2-3-5-11)17(23)18-21-9-13(20)10-22-18;1-3-22-15(21)8-6-12-5-7-13-14(11-12)20(2)16(19-13)17(18)9-4-10-17/h8-13,16-19,21H,3-7,14-15H2,1-2H3,(H,39,44)(H,42,43);6-11H,2-5H2,1H3,(H,24,25);5-8,11H,3-4,9-10,18H2,1-2H3/b13-9+;;8-6+. The molecule has 4 fully saturated rings. The van der Waals surface area contributed by atoms with Gasteiger partial charge < -0.3 is 44.3 Å². The summed E-state index contributed by atoms with van der Waals surface area (Å²) in [5.41, 5.74) is 18.3. The van der Waals surface area contributed by atoms with Crippen molar-refractivity contribution in [1.82, 2.24) is 53.5 Å². The first-order valence-corrected chi connectivity index (χ1v) is 32.7. The molecule has 4 aromatic carbocycles. The summed E-state index contributed by atoms with van der Waals surface area (Å²) in [7, 11) is 7.95. The average molecular weight is 1350 g/mol. The molecule has 0 bridgehead atoms. The number of ether oxygens (including phenoxy) is 1. The second kappa shape index (κ2) is 25.9. The van der Waals surface area contributed by atoms with E-state index in [2.05, 4.69) is 72.3 Å². The van der Waals surface area contributed by atoms with Gasteiger partial charge in [0.1, 0.15) is 11.6 Å². The number of carboxylic acids is 2. The lowest BCUT2D eigenvalue weighted by Crippen LogP contribution is -2.52. The lowest BCUT2D eigenvalue weighted by Gasteiger charge is -2.41. The van der Waals surface area contributed by atoms with Crippen molar-refractivity contribution in [2.45, 2.75) is 120 Å². The predicted molar refractivity (Wildman–Crippen MR) is 359 cm³/mol. The summed E-state index contributed by atoms with van der Waals surface area (Å²) in [5, 5.41) is 24.0. The van der Waals surface area contributed by atoms with Crippen molar-refractivity contribution in [1.29, 1.82) is 0 Å². The lowest BCUT2D eigenvalue weighted by molar-refractivity contribution is -0.137. The van der Waals surface area contributed by atoms with E-state index in [-0.39, 0.29) is 17.4 Å². The van der Waals surface area contributed by atoms with Gasteiger partial charge in [-0.1, -0.05) is 49.9 Å². The Bertz CT molecular complexity index is 4520. The molecule has 1 amide bonds. The number of aryl methyl sites for hydroxylation is 4. The molecule has 6 aromatic heterocycles. The van der Waals surface area contributed by atoms with Crippen LogP contribution in [0.5, 0.6) is 0 Å². The number of nitrogens with one attached hydrogen (secondary N) is 1. The third-order valence-electron chi connectivity index (χ3n) is 18.8. The van der Waals surface area contributed by atoms with Gasteiger partial charge in [0, 0.05) is 92.5 Å². The molecule has 0 radical (unpaired) electrons. The van der Waals surface area contributed by atoms with E-state index < -0.39 is 17.5 Å². The van der Waals surface area contributed by atoms with E-state index in [0.717, 1.165) is 157 Å². The van der Waals surface area contributed by atoms with Crippen LogP contribution in [0.3, 0.4) is 0 Å². The maximum Gasteiger partial charge on any atom is 0.335 e. The molecule has 5 N–H and O–H groups in total. The van der Waals surface area contributed by atoms with Crippen molar-refractivity contribution in [3.63, 3.8) is 0 Å². The minimum atomic E-state index is -0.993. The van der Waals surface area contributed by atoms with Crippen LogP contribution >= 0.6 is 31.9 Å². The summed E-state index contributed by atoms with van der Waals surface area (Å²) in [5.74, 6) is 1.68. The fraction of sp³-hybridized carbons (Fsp3) is 0.343. The van der Waals surface area contributed by atoms with E-state index >= 15 is 0 Å². The fourth-order valence-electron chi connectivity index (χ4n) is 13.9. The number of carboxylic acid groups (broad SMARTS) is 2. The normalized spacial score (nSPS) is 16.3. The Labute approximate surface area is 543 Å². The Morgan fingerprint density at radius 1 is 0.593 bits per heavy atom. The molecule has 10 aromatic rings. The van der Waals surface area contributed by atoms with Crippen molar-refractivity contribution in [3.8, 4) is 23.0 Å². The zero-order chi connectivity index (χ0) is 63.9. The summed E-state index contributed by atoms with van der Waals surface area (Å²) >= 11 is 6.84. The van der Waals surface area contributed by atoms with E-state index in [1.807, 2.05) is 91.9 Å². The van der Waals surface area contributed by atoms with Crippen LogP contribution < -0.4 is 11.1 Å². The number of hydrogen-bond donors (Lipinski definition) is 4. The third kappa shape index (κ3) is 12.4. The second-order valence-corrected chi connectivity index (χ2v) is 26.3. The Balaban J connectivity index is 0.000000144. The third-order valence-corrected chi connectivity index (χ3v) is 19.6. The van der Waals surface area contributed by atoms with Crippen molar-refractivity contribution in [3.05, 3.63) is 164 Å². The zero-order valence-electron chi connectivity index (χ0n) is 51.5. The van der Waals surface area contributed by atoms with Crippen LogP contribution in [0.2, 0.25) is 0 Å². The van der Waals surface area contributed by atoms with Crippen molar-refractivity contribution in [2.24, 2.45) is 33.9 Å². The van der Waals surface area contributed by atoms with Gasteiger partial charge >= 0.3 is 17.9 Å². The molecule has 0 aliphatic heterocycles. The number of amides is 1.